The molecule has 0 unspecified atom stereocenters. The third kappa shape index (κ3) is 7.79. The van der Waals surface area contributed by atoms with Crippen molar-refractivity contribution in [3.63, 3.8) is 0 Å². The van der Waals surface area contributed by atoms with E-state index in [1.807, 2.05) is 13.8 Å². The molecule has 0 heterocycles. The molecule has 0 radical (unpaired) electrons. The van der Waals surface area contributed by atoms with Gasteiger partial charge in [-0.3, -0.25) is 0 Å². The van der Waals surface area contributed by atoms with E-state index < -0.39 is 16.0 Å². The van der Waals surface area contributed by atoms with Crippen LogP contribution in [0.5, 0.6) is 0 Å². The van der Waals surface area contributed by atoms with Gasteiger partial charge in [0, 0.05) is 19.7 Å². The second kappa shape index (κ2) is 11.3. The third-order valence-corrected chi connectivity index (χ3v) is 6.23. The van der Waals surface area contributed by atoms with E-state index in [0.29, 0.717) is 25.3 Å². The first-order valence-corrected chi connectivity index (χ1v) is 11.7. The second-order valence-electron chi connectivity index (χ2n) is 7.47. The molecule has 0 spiro atoms. The number of anilines is 1. The Morgan fingerprint density at radius 2 is 2.03 bits per heavy atom. The van der Waals surface area contributed by atoms with E-state index >= 15 is 0 Å². The van der Waals surface area contributed by atoms with Gasteiger partial charge < -0.3 is 15.2 Å². The van der Waals surface area contributed by atoms with Gasteiger partial charge in [-0.25, -0.2) is 17.9 Å². The zero-order valence-electron chi connectivity index (χ0n) is 17.2. The Labute approximate surface area is 173 Å². The summed E-state index contributed by atoms with van der Waals surface area (Å²) in [6.07, 6.45) is 8.35. The highest BCUT2D eigenvalue weighted by molar-refractivity contribution is 7.89. The molecule has 0 bridgehead atoms. The van der Waals surface area contributed by atoms with Gasteiger partial charge in [-0.05, 0) is 70.6 Å². The number of aromatic carboxylic acids is 1. The number of allylic oxidation sites excluding steroid dienone is 1. The lowest BCUT2D eigenvalue weighted by molar-refractivity contribution is 0.0696. The van der Waals surface area contributed by atoms with Crippen LogP contribution in [0.3, 0.4) is 0 Å². The Morgan fingerprint density at radius 3 is 2.69 bits per heavy atom. The summed E-state index contributed by atoms with van der Waals surface area (Å²) in [4.78, 5) is 11.3. The zero-order valence-corrected chi connectivity index (χ0v) is 18.1. The minimum atomic E-state index is -3.85. The van der Waals surface area contributed by atoms with Crippen molar-refractivity contribution >= 4 is 21.7 Å². The van der Waals surface area contributed by atoms with E-state index in [4.69, 9.17) is 4.74 Å². The molecule has 0 aliphatic heterocycles. The van der Waals surface area contributed by atoms with Crippen molar-refractivity contribution in [2.24, 2.45) is 0 Å². The molecule has 7 nitrogen and oxygen atoms in total. The van der Waals surface area contributed by atoms with Crippen LogP contribution >= 0.6 is 0 Å². The summed E-state index contributed by atoms with van der Waals surface area (Å²) in [6, 6.07) is 4.15. The number of hydrogen-bond acceptors (Lipinski definition) is 5. The summed E-state index contributed by atoms with van der Waals surface area (Å²) in [7, 11) is -3.85. The summed E-state index contributed by atoms with van der Waals surface area (Å²) in [6.45, 7) is 5.11. The molecular weight excluding hydrogens is 392 g/mol. The van der Waals surface area contributed by atoms with Crippen molar-refractivity contribution in [2.45, 2.75) is 63.4 Å². The number of hydrogen-bond donors (Lipinski definition) is 3. The third-order valence-electron chi connectivity index (χ3n) is 4.73. The predicted molar refractivity (Wildman–Crippen MR) is 114 cm³/mol. The maximum absolute atomic E-state index is 12.8. The average Bonchev–Trinajstić information content (AvgIpc) is 2.68. The van der Waals surface area contributed by atoms with Crippen LogP contribution in [0.1, 0.15) is 62.7 Å². The Balaban J connectivity index is 2.06. The fourth-order valence-electron chi connectivity index (χ4n) is 3.19. The smallest absolute Gasteiger partial charge is 0.335 e. The predicted octanol–water partition coefficient (Wildman–Crippen LogP) is 3.78. The van der Waals surface area contributed by atoms with E-state index in [1.54, 1.807) is 0 Å². The van der Waals surface area contributed by atoms with Gasteiger partial charge in [-0.2, -0.15) is 0 Å². The average molecular weight is 425 g/mol. The Morgan fingerprint density at radius 1 is 1.24 bits per heavy atom. The van der Waals surface area contributed by atoms with Gasteiger partial charge in [0.05, 0.1) is 17.4 Å². The van der Waals surface area contributed by atoms with Gasteiger partial charge in [0.25, 0.3) is 0 Å². The largest absolute Gasteiger partial charge is 0.478 e. The number of carboxylic acids is 1. The van der Waals surface area contributed by atoms with Crippen molar-refractivity contribution in [1.82, 2.24) is 4.72 Å². The summed E-state index contributed by atoms with van der Waals surface area (Å²) < 4.78 is 33.5. The molecule has 0 atom stereocenters. The highest BCUT2D eigenvalue weighted by atomic mass is 32.2. The van der Waals surface area contributed by atoms with Crippen LogP contribution in [-0.4, -0.2) is 45.3 Å². The number of nitrogens with one attached hydrogen (secondary N) is 2. The van der Waals surface area contributed by atoms with Gasteiger partial charge in [0.2, 0.25) is 10.0 Å². The normalized spacial score (nSPS) is 14.7. The van der Waals surface area contributed by atoms with Crippen molar-refractivity contribution in [3.05, 3.63) is 35.4 Å². The van der Waals surface area contributed by atoms with E-state index in [2.05, 4.69) is 16.1 Å². The molecule has 0 saturated heterocycles. The van der Waals surface area contributed by atoms with Crippen LogP contribution in [0.2, 0.25) is 0 Å². The Kier molecular flexibility index (Phi) is 9.13. The first kappa shape index (κ1) is 23.4. The van der Waals surface area contributed by atoms with Crippen molar-refractivity contribution in [1.29, 1.82) is 0 Å². The lowest BCUT2D eigenvalue weighted by atomic mass is 9.97. The molecule has 0 fully saturated rings. The van der Waals surface area contributed by atoms with Crippen molar-refractivity contribution in [2.75, 3.05) is 25.0 Å². The van der Waals surface area contributed by atoms with E-state index in [9.17, 15) is 18.3 Å². The molecule has 162 valence electrons. The van der Waals surface area contributed by atoms with Crippen LogP contribution < -0.4 is 10.0 Å². The standard InChI is InChI=1S/C21H32N2O5S/c1-16(2)28-14-6-12-23-29(26,27)20-15-18(21(24)25)9-10-19(20)22-13-11-17-7-4-3-5-8-17/h7,9-10,15-16,22-23H,3-6,8,11-14H2,1-2H3,(H,24,25). The molecule has 0 saturated carbocycles. The summed E-state index contributed by atoms with van der Waals surface area (Å²) in [5.74, 6) is -1.16. The van der Waals surface area contributed by atoms with E-state index in [1.165, 1.54) is 36.6 Å². The van der Waals surface area contributed by atoms with Gasteiger partial charge in [0.1, 0.15) is 4.90 Å². The number of ether oxygens (including phenoxy) is 1. The SMILES string of the molecule is CC(C)OCCCNS(=O)(=O)c1cc(C(=O)O)ccc1NCCC1=CCCCC1. The lowest BCUT2D eigenvalue weighted by Gasteiger charge is -2.16. The van der Waals surface area contributed by atoms with Gasteiger partial charge >= 0.3 is 5.97 Å². The highest BCUT2D eigenvalue weighted by Crippen LogP contribution is 2.25. The summed E-state index contributed by atoms with van der Waals surface area (Å²) >= 11 is 0. The first-order valence-electron chi connectivity index (χ1n) is 10.2. The molecular formula is C21H32N2O5S. The van der Waals surface area contributed by atoms with Crippen LogP contribution in [0.25, 0.3) is 0 Å². The van der Waals surface area contributed by atoms with Crippen LogP contribution in [0, 0.1) is 0 Å². The number of rotatable bonds is 12. The molecule has 3 N–H and O–H groups in total. The molecule has 1 aromatic rings. The Hall–Kier alpha value is -1.90. The molecule has 1 aromatic carbocycles. The van der Waals surface area contributed by atoms with Crippen molar-refractivity contribution < 1.29 is 23.1 Å². The fraction of sp³-hybridized carbons (Fsp3) is 0.571. The Bertz CT molecular complexity index is 818. The van der Waals surface area contributed by atoms with E-state index in [-0.39, 0.29) is 23.1 Å². The first-order chi connectivity index (χ1) is 13.8. The van der Waals surface area contributed by atoms with Crippen LogP contribution in [0.15, 0.2) is 34.7 Å². The molecule has 8 heteroatoms. The zero-order chi connectivity index (χ0) is 21.3. The molecule has 29 heavy (non-hydrogen) atoms. The van der Waals surface area contributed by atoms with Gasteiger partial charge in [-0.15, -0.1) is 0 Å². The molecule has 0 aromatic heterocycles. The maximum atomic E-state index is 12.8. The van der Waals surface area contributed by atoms with Crippen LogP contribution in [-0.2, 0) is 14.8 Å². The molecule has 2 rings (SSSR count). The topological polar surface area (TPSA) is 105 Å². The van der Waals surface area contributed by atoms with Crippen LogP contribution in [0.4, 0.5) is 5.69 Å². The minimum absolute atomic E-state index is 0.0419. The minimum Gasteiger partial charge on any atom is -0.478 e. The van der Waals surface area contributed by atoms with Gasteiger partial charge in [0.15, 0.2) is 0 Å². The monoisotopic (exact) mass is 424 g/mol. The molecule has 1 aliphatic rings. The number of benzene rings is 1. The number of carboxylic acid groups (broad SMARTS) is 1. The summed E-state index contributed by atoms with van der Waals surface area (Å²) in [5, 5.41) is 12.4. The van der Waals surface area contributed by atoms with Crippen molar-refractivity contribution in [3.8, 4) is 0 Å². The highest BCUT2D eigenvalue weighted by Gasteiger charge is 2.20. The van der Waals surface area contributed by atoms with Gasteiger partial charge in [-0.1, -0.05) is 11.6 Å². The maximum Gasteiger partial charge on any atom is 0.335 e. The fourth-order valence-corrected chi connectivity index (χ4v) is 4.47. The quantitative estimate of drug-likeness (QED) is 0.348. The lowest BCUT2D eigenvalue weighted by Crippen LogP contribution is -2.27. The summed E-state index contributed by atoms with van der Waals surface area (Å²) in [5.41, 5.74) is 1.74. The number of sulfonamides is 1. The number of carbonyl (C=O) groups is 1. The van der Waals surface area contributed by atoms with E-state index in [0.717, 1.165) is 19.3 Å². The second-order valence-corrected chi connectivity index (χ2v) is 9.21. The molecule has 1 aliphatic carbocycles. The molecule has 0 amide bonds.